The minimum atomic E-state index is -1.75. The quantitative estimate of drug-likeness (QED) is 0.142. The standard InChI is InChI=1S/C41H59N5O10/c1-10-24(4)34-39(51)42-29(18-17-23(3)21-25(5)32(56-9)22-28-15-13-12-14-16-28)26(6)36(48)43-30(40(52)53)19-20-33(47)46(8)31(11-2)38(50)45-35(41(54)55)27(7)37(49)44-34/h11-18,21,24-27,29-30,32,34-35H,10,19-20,22H2,1-9H3,(H,42,51)(H,43,48)(H,44,49)(H,45,50)(H,52,53)(H,54,55)/b18-17+,23-21+,31-11-/t24?,25-,26+,27-,29?,30+,32-,34?,35+/m0/s1. The molecular formula is C41H59N5O10. The molecule has 1 aliphatic heterocycles. The van der Waals surface area contributed by atoms with Crippen molar-refractivity contribution < 1.29 is 48.5 Å². The maximum absolute atomic E-state index is 14.0. The molecule has 308 valence electrons. The Balaban J connectivity index is 2.60. The van der Waals surface area contributed by atoms with Crippen LogP contribution in [0.25, 0.3) is 0 Å². The van der Waals surface area contributed by atoms with Crippen molar-refractivity contribution in [1.29, 1.82) is 0 Å². The number of aliphatic carboxylic acids is 2. The van der Waals surface area contributed by atoms with Gasteiger partial charge in [0.1, 0.15) is 23.8 Å². The van der Waals surface area contributed by atoms with Gasteiger partial charge in [-0.1, -0.05) is 101 Å². The minimum Gasteiger partial charge on any atom is -0.480 e. The fraction of sp³-hybridized carbons (Fsp3) is 0.537. The van der Waals surface area contributed by atoms with Crippen LogP contribution in [0, 0.1) is 23.7 Å². The van der Waals surface area contributed by atoms with Crippen molar-refractivity contribution in [1.82, 2.24) is 26.2 Å². The van der Waals surface area contributed by atoms with Gasteiger partial charge in [-0.3, -0.25) is 24.0 Å². The Morgan fingerprint density at radius 2 is 1.55 bits per heavy atom. The number of carbonyl (C=O) groups excluding carboxylic acids is 5. The van der Waals surface area contributed by atoms with Gasteiger partial charge in [0.25, 0.3) is 5.91 Å². The number of likely N-dealkylation sites (N-methyl/N-ethyl adjacent to an activating group) is 1. The number of nitrogens with one attached hydrogen (secondary N) is 4. The first-order valence-corrected chi connectivity index (χ1v) is 18.9. The van der Waals surface area contributed by atoms with E-state index in [1.807, 2.05) is 50.3 Å². The Kier molecular flexibility index (Phi) is 18.6. The smallest absolute Gasteiger partial charge is 0.327 e. The first-order valence-electron chi connectivity index (χ1n) is 18.9. The average Bonchev–Trinajstić information content (AvgIpc) is 3.16. The van der Waals surface area contributed by atoms with Crippen LogP contribution in [0.5, 0.6) is 0 Å². The van der Waals surface area contributed by atoms with E-state index < -0.39 is 89.8 Å². The van der Waals surface area contributed by atoms with Crippen LogP contribution in [0.4, 0.5) is 0 Å². The molecule has 0 radical (unpaired) electrons. The number of carboxylic acids is 2. The number of ether oxygens (including phenoxy) is 1. The third-order valence-electron chi connectivity index (χ3n) is 10.3. The number of benzene rings is 1. The molecule has 1 saturated heterocycles. The Hall–Kier alpha value is -5.31. The fourth-order valence-electron chi connectivity index (χ4n) is 6.28. The molecule has 9 atom stereocenters. The van der Waals surface area contributed by atoms with Gasteiger partial charge in [0.05, 0.1) is 24.0 Å². The van der Waals surface area contributed by atoms with E-state index in [2.05, 4.69) is 21.3 Å². The molecule has 3 unspecified atom stereocenters. The zero-order valence-corrected chi connectivity index (χ0v) is 33.8. The summed E-state index contributed by atoms with van der Waals surface area (Å²) in [5.41, 5.74) is 1.66. The Labute approximate surface area is 329 Å². The SMILES string of the molecule is C/C=C1/C(=O)N[C@@H](C(=O)O)[C@H](C)C(=O)NC(C(C)CC)C(=O)NC(/C=C/C(C)=C/[C@H](C)[C@H](Cc2ccccc2)OC)[C@@H](C)C(=O)N[C@@H](C(=O)O)CCC(=O)N1C. The van der Waals surface area contributed by atoms with Crippen molar-refractivity contribution >= 4 is 41.5 Å². The van der Waals surface area contributed by atoms with Crippen molar-refractivity contribution in [2.24, 2.45) is 23.7 Å². The number of carbonyl (C=O) groups is 7. The predicted molar refractivity (Wildman–Crippen MR) is 210 cm³/mol. The van der Waals surface area contributed by atoms with Crippen molar-refractivity contribution in [3.05, 3.63) is 71.5 Å². The summed E-state index contributed by atoms with van der Waals surface area (Å²) in [5, 5.41) is 30.3. The maximum atomic E-state index is 14.0. The van der Waals surface area contributed by atoms with Crippen LogP contribution in [0.3, 0.4) is 0 Å². The van der Waals surface area contributed by atoms with Gasteiger partial charge in [-0.25, -0.2) is 9.59 Å². The molecule has 1 aliphatic rings. The summed E-state index contributed by atoms with van der Waals surface area (Å²) in [6, 6.07) is 4.45. The molecule has 15 heteroatoms. The molecular weight excluding hydrogens is 722 g/mol. The van der Waals surface area contributed by atoms with Crippen LogP contribution in [0.15, 0.2) is 65.9 Å². The van der Waals surface area contributed by atoms with Gasteiger partial charge in [-0.2, -0.15) is 0 Å². The first kappa shape index (κ1) is 46.8. The van der Waals surface area contributed by atoms with E-state index in [9.17, 15) is 43.8 Å². The van der Waals surface area contributed by atoms with Crippen LogP contribution in [0.1, 0.15) is 73.3 Å². The van der Waals surface area contributed by atoms with Gasteiger partial charge in [0, 0.05) is 26.5 Å². The number of methoxy groups -OCH3 is 1. The van der Waals surface area contributed by atoms with E-state index in [1.165, 1.54) is 33.9 Å². The lowest BCUT2D eigenvalue weighted by Crippen LogP contribution is -2.58. The summed E-state index contributed by atoms with van der Waals surface area (Å²) in [4.78, 5) is 93.3. The first-order chi connectivity index (χ1) is 26.4. The molecule has 15 nitrogen and oxygen atoms in total. The third-order valence-corrected chi connectivity index (χ3v) is 10.3. The topological polar surface area (TPSA) is 221 Å². The number of hydrogen-bond donors (Lipinski definition) is 6. The van der Waals surface area contributed by atoms with E-state index in [4.69, 9.17) is 4.74 Å². The highest BCUT2D eigenvalue weighted by Gasteiger charge is 2.37. The van der Waals surface area contributed by atoms with E-state index in [0.29, 0.717) is 12.8 Å². The normalized spacial score (nSPS) is 26.5. The number of carboxylic acid groups (broad SMARTS) is 2. The Morgan fingerprint density at radius 1 is 0.929 bits per heavy atom. The van der Waals surface area contributed by atoms with Crippen molar-refractivity contribution in [2.45, 2.75) is 104 Å². The molecule has 0 saturated carbocycles. The lowest BCUT2D eigenvalue weighted by atomic mass is 9.93. The zero-order valence-electron chi connectivity index (χ0n) is 33.8. The monoisotopic (exact) mass is 781 g/mol. The maximum Gasteiger partial charge on any atom is 0.327 e. The summed E-state index contributed by atoms with van der Waals surface area (Å²) in [5.74, 6) is -9.73. The van der Waals surface area contributed by atoms with Crippen LogP contribution in [-0.2, 0) is 44.7 Å². The highest BCUT2D eigenvalue weighted by molar-refractivity contribution is 6.00. The molecule has 0 aromatic heterocycles. The second kappa shape index (κ2) is 22.3. The summed E-state index contributed by atoms with van der Waals surface area (Å²) in [6.45, 7) is 11.6. The molecule has 1 fully saturated rings. The lowest BCUT2D eigenvalue weighted by molar-refractivity contribution is -0.146. The summed E-state index contributed by atoms with van der Waals surface area (Å²) in [7, 11) is 2.91. The number of rotatable bonds is 11. The van der Waals surface area contributed by atoms with Crippen molar-refractivity contribution in [2.75, 3.05) is 14.2 Å². The number of nitrogens with zero attached hydrogens (tertiary/aromatic N) is 1. The zero-order chi connectivity index (χ0) is 42.3. The van der Waals surface area contributed by atoms with Crippen LogP contribution < -0.4 is 21.3 Å². The van der Waals surface area contributed by atoms with Gasteiger partial charge in [0.2, 0.25) is 23.6 Å². The van der Waals surface area contributed by atoms with Crippen molar-refractivity contribution in [3.8, 4) is 0 Å². The van der Waals surface area contributed by atoms with Gasteiger partial charge < -0.3 is 41.1 Å². The molecule has 56 heavy (non-hydrogen) atoms. The Bertz CT molecular complexity index is 1660. The van der Waals surface area contributed by atoms with Crippen LogP contribution >= 0.6 is 0 Å². The highest BCUT2D eigenvalue weighted by atomic mass is 16.5. The third kappa shape index (κ3) is 13.5. The molecule has 5 amide bonds. The molecule has 6 N–H and O–H groups in total. The highest BCUT2D eigenvalue weighted by Crippen LogP contribution is 2.19. The molecule has 1 heterocycles. The fourth-order valence-corrected chi connectivity index (χ4v) is 6.28. The van der Waals surface area contributed by atoms with E-state index in [1.54, 1.807) is 33.1 Å². The largest absolute Gasteiger partial charge is 0.480 e. The van der Waals surface area contributed by atoms with Crippen LogP contribution in [-0.4, -0.2) is 101 Å². The second-order valence-electron chi connectivity index (χ2n) is 14.4. The summed E-state index contributed by atoms with van der Waals surface area (Å²) >= 11 is 0. The Morgan fingerprint density at radius 3 is 2.11 bits per heavy atom. The molecule has 0 spiro atoms. The predicted octanol–water partition coefficient (Wildman–Crippen LogP) is 2.97. The van der Waals surface area contributed by atoms with Crippen molar-refractivity contribution in [3.63, 3.8) is 0 Å². The van der Waals surface area contributed by atoms with Gasteiger partial charge in [-0.15, -0.1) is 0 Å². The average molecular weight is 782 g/mol. The lowest BCUT2D eigenvalue weighted by Gasteiger charge is -2.30. The molecule has 0 aliphatic carbocycles. The number of hydrogen-bond acceptors (Lipinski definition) is 8. The van der Waals surface area contributed by atoms with Crippen LogP contribution in [0.2, 0.25) is 0 Å². The van der Waals surface area contributed by atoms with Gasteiger partial charge in [-0.05, 0) is 38.2 Å². The van der Waals surface area contributed by atoms with E-state index >= 15 is 0 Å². The summed E-state index contributed by atoms with van der Waals surface area (Å²) < 4.78 is 5.79. The van der Waals surface area contributed by atoms with Gasteiger partial charge >= 0.3 is 11.9 Å². The minimum absolute atomic E-state index is 0.0389. The molecule has 0 bridgehead atoms. The number of amides is 5. The second-order valence-corrected chi connectivity index (χ2v) is 14.4. The van der Waals surface area contributed by atoms with E-state index in [0.717, 1.165) is 16.0 Å². The van der Waals surface area contributed by atoms with E-state index in [-0.39, 0.29) is 24.1 Å². The summed E-state index contributed by atoms with van der Waals surface area (Å²) in [6.07, 6.45) is 6.83. The molecule has 1 aromatic carbocycles. The molecule has 1 aromatic rings. The number of allylic oxidation sites excluding steroid dienone is 3. The molecule has 2 rings (SSSR count). The van der Waals surface area contributed by atoms with Gasteiger partial charge in [0.15, 0.2) is 0 Å².